The van der Waals surface area contributed by atoms with Gasteiger partial charge in [-0.2, -0.15) is 0 Å². The van der Waals surface area contributed by atoms with Gasteiger partial charge in [0.1, 0.15) is 5.02 Å². The second-order valence-corrected chi connectivity index (χ2v) is 5.70. The zero-order valence-corrected chi connectivity index (χ0v) is 12.3. The second-order valence-electron chi connectivity index (χ2n) is 5.30. The molecule has 2 rings (SSSR count). The van der Waals surface area contributed by atoms with E-state index in [1.54, 1.807) is 12.1 Å². The fraction of sp³-hybridized carbons (Fsp3) is 0.571. The number of hydrogen-bond acceptors (Lipinski definition) is 4. The summed E-state index contributed by atoms with van der Waals surface area (Å²) in [6.45, 7) is 3.35. The van der Waals surface area contributed by atoms with E-state index in [-0.39, 0.29) is 10.7 Å². The molecule has 0 saturated carbocycles. The van der Waals surface area contributed by atoms with Gasteiger partial charge in [0.05, 0.1) is 4.92 Å². The van der Waals surface area contributed by atoms with Crippen LogP contribution in [0.2, 0.25) is 5.02 Å². The molecule has 1 heterocycles. The van der Waals surface area contributed by atoms with Crippen molar-refractivity contribution in [2.75, 3.05) is 26.8 Å². The van der Waals surface area contributed by atoms with Gasteiger partial charge in [-0.05, 0) is 37.4 Å². The number of nitro groups is 1. The molecule has 0 bridgehead atoms. The maximum atomic E-state index is 10.9. The van der Waals surface area contributed by atoms with Crippen molar-refractivity contribution in [2.45, 2.75) is 19.4 Å². The van der Waals surface area contributed by atoms with Gasteiger partial charge in [-0.1, -0.05) is 17.7 Å². The summed E-state index contributed by atoms with van der Waals surface area (Å²) in [5.74, 6) is 0.649. The Morgan fingerprint density at radius 3 is 2.80 bits per heavy atom. The first-order valence-corrected chi connectivity index (χ1v) is 7.13. The highest BCUT2D eigenvalue weighted by atomic mass is 35.5. The normalized spacial score (nSPS) is 16.6. The molecule has 0 N–H and O–H groups in total. The van der Waals surface area contributed by atoms with Crippen LogP contribution in [0.5, 0.6) is 0 Å². The highest BCUT2D eigenvalue weighted by molar-refractivity contribution is 6.32. The van der Waals surface area contributed by atoms with Gasteiger partial charge in [-0.15, -0.1) is 0 Å². The number of rotatable bonds is 5. The lowest BCUT2D eigenvalue weighted by Crippen LogP contribution is -2.29. The van der Waals surface area contributed by atoms with E-state index < -0.39 is 4.92 Å². The third kappa shape index (κ3) is 4.16. The molecule has 1 aromatic carbocycles. The van der Waals surface area contributed by atoms with Crippen molar-refractivity contribution >= 4 is 17.3 Å². The molecule has 0 aliphatic carbocycles. The van der Waals surface area contributed by atoms with Crippen molar-refractivity contribution in [1.82, 2.24) is 4.90 Å². The van der Waals surface area contributed by atoms with Crippen molar-refractivity contribution in [3.63, 3.8) is 0 Å². The Bertz CT molecular complexity index is 475. The van der Waals surface area contributed by atoms with Gasteiger partial charge >= 0.3 is 0 Å². The van der Waals surface area contributed by atoms with E-state index >= 15 is 0 Å². The number of ether oxygens (including phenoxy) is 1. The molecular formula is C14H19ClN2O3. The predicted octanol–water partition coefficient (Wildman–Crippen LogP) is 3.11. The lowest BCUT2D eigenvalue weighted by molar-refractivity contribution is -0.384. The molecule has 1 aliphatic rings. The summed E-state index contributed by atoms with van der Waals surface area (Å²) in [6.07, 6.45) is 2.18. The molecule has 0 amide bonds. The molecule has 110 valence electrons. The topological polar surface area (TPSA) is 55.6 Å². The first-order valence-electron chi connectivity index (χ1n) is 6.75. The summed E-state index contributed by atoms with van der Waals surface area (Å²) in [6, 6.07) is 5.00. The van der Waals surface area contributed by atoms with E-state index in [0.717, 1.165) is 38.2 Å². The third-order valence-corrected chi connectivity index (χ3v) is 3.89. The van der Waals surface area contributed by atoms with Crippen LogP contribution in [-0.2, 0) is 11.3 Å². The molecule has 5 nitrogen and oxygen atoms in total. The van der Waals surface area contributed by atoms with Crippen LogP contribution in [0.4, 0.5) is 5.69 Å². The molecule has 0 spiro atoms. The molecule has 1 aliphatic heterocycles. The quantitative estimate of drug-likeness (QED) is 0.619. The SMILES string of the molecule is CN(Cc1ccc(Cl)c([N+](=O)[O-])c1)CC1CCOCC1. The van der Waals surface area contributed by atoms with Crippen LogP contribution in [0.25, 0.3) is 0 Å². The summed E-state index contributed by atoms with van der Waals surface area (Å²) in [4.78, 5) is 12.6. The number of nitro benzene ring substituents is 1. The number of hydrogen-bond donors (Lipinski definition) is 0. The molecule has 1 aromatic rings. The van der Waals surface area contributed by atoms with Crippen molar-refractivity contribution in [2.24, 2.45) is 5.92 Å². The molecule has 0 aromatic heterocycles. The van der Waals surface area contributed by atoms with Crippen LogP contribution in [0.15, 0.2) is 18.2 Å². The zero-order valence-electron chi connectivity index (χ0n) is 11.5. The maximum absolute atomic E-state index is 10.9. The Morgan fingerprint density at radius 1 is 1.45 bits per heavy atom. The van der Waals surface area contributed by atoms with E-state index in [9.17, 15) is 10.1 Å². The molecule has 1 saturated heterocycles. The second kappa shape index (κ2) is 7.02. The van der Waals surface area contributed by atoms with Crippen LogP contribution < -0.4 is 0 Å². The molecule has 6 heteroatoms. The smallest absolute Gasteiger partial charge is 0.288 e. The van der Waals surface area contributed by atoms with Gasteiger partial charge in [0.2, 0.25) is 0 Å². The average Bonchev–Trinajstić information content (AvgIpc) is 2.41. The maximum Gasteiger partial charge on any atom is 0.288 e. The minimum Gasteiger partial charge on any atom is -0.381 e. The van der Waals surface area contributed by atoms with Crippen molar-refractivity contribution < 1.29 is 9.66 Å². The fourth-order valence-electron chi connectivity index (χ4n) is 2.54. The Balaban J connectivity index is 1.95. The number of halogens is 1. The van der Waals surface area contributed by atoms with Crippen LogP contribution in [0.1, 0.15) is 18.4 Å². The summed E-state index contributed by atoms with van der Waals surface area (Å²) in [5, 5.41) is 11.1. The van der Waals surface area contributed by atoms with Gasteiger partial charge in [-0.3, -0.25) is 10.1 Å². The van der Waals surface area contributed by atoms with Crippen molar-refractivity contribution in [1.29, 1.82) is 0 Å². The molecular weight excluding hydrogens is 280 g/mol. The van der Waals surface area contributed by atoms with Crippen LogP contribution in [-0.4, -0.2) is 36.6 Å². The Morgan fingerprint density at radius 2 is 2.15 bits per heavy atom. The van der Waals surface area contributed by atoms with Gasteiger partial charge in [0.25, 0.3) is 5.69 Å². The first kappa shape index (κ1) is 15.2. The Labute approximate surface area is 123 Å². The largest absolute Gasteiger partial charge is 0.381 e. The highest BCUT2D eigenvalue weighted by Crippen LogP contribution is 2.26. The molecule has 1 fully saturated rings. The van der Waals surface area contributed by atoms with E-state index in [0.29, 0.717) is 12.5 Å². The third-order valence-electron chi connectivity index (χ3n) is 3.57. The standard InChI is InChI=1S/C14H19ClN2O3/c1-16(9-11-4-6-20-7-5-11)10-12-2-3-13(15)14(8-12)17(18)19/h2-3,8,11H,4-7,9-10H2,1H3. The van der Waals surface area contributed by atoms with Crippen LogP contribution in [0.3, 0.4) is 0 Å². The molecule has 0 atom stereocenters. The van der Waals surface area contributed by atoms with E-state index in [2.05, 4.69) is 4.90 Å². The lowest BCUT2D eigenvalue weighted by atomic mass is 10.00. The monoisotopic (exact) mass is 298 g/mol. The average molecular weight is 299 g/mol. The Kier molecular flexibility index (Phi) is 5.34. The van der Waals surface area contributed by atoms with E-state index in [4.69, 9.17) is 16.3 Å². The molecule has 0 unspecified atom stereocenters. The lowest BCUT2D eigenvalue weighted by Gasteiger charge is -2.27. The van der Waals surface area contributed by atoms with Gasteiger partial charge in [-0.25, -0.2) is 0 Å². The zero-order chi connectivity index (χ0) is 14.5. The Hall–Kier alpha value is -1.17. The summed E-state index contributed by atoms with van der Waals surface area (Å²) < 4.78 is 5.35. The minimum absolute atomic E-state index is 0.0244. The van der Waals surface area contributed by atoms with E-state index in [1.165, 1.54) is 0 Å². The van der Waals surface area contributed by atoms with E-state index in [1.807, 2.05) is 13.1 Å². The van der Waals surface area contributed by atoms with Crippen molar-refractivity contribution in [3.8, 4) is 0 Å². The summed E-state index contributed by atoms with van der Waals surface area (Å²) >= 11 is 5.81. The minimum atomic E-state index is -0.440. The molecule has 20 heavy (non-hydrogen) atoms. The number of benzene rings is 1. The first-order chi connectivity index (χ1) is 9.56. The van der Waals surface area contributed by atoms with Crippen molar-refractivity contribution in [3.05, 3.63) is 38.9 Å². The fourth-order valence-corrected chi connectivity index (χ4v) is 2.73. The van der Waals surface area contributed by atoms with Crippen LogP contribution >= 0.6 is 11.6 Å². The van der Waals surface area contributed by atoms with Gasteiger partial charge in [0, 0.05) is 32.4 Å². The highest BCUT2D eigenvalue weighted by Gasteiger charge is 2.17. The summed E-state index contributed by atoms with van der Waals surface area (Å²) in [7, 11) is 2.04. The van der Waals surface area contributed by atoms with Gasteiger partial charge in [0.15, 0.2) is 0 Å². The summed E-state index contributed by atoms with van der Waals surface area (Å²) in [5.41, 5.74) is 0.888. The number of nitrogens with zero attached hydrogens (tertiary/aromatic N) is 2. The molecule has 0 radical (unpaired) electrons. The van der Waals surface area contributed by atoms with Crippen LogP contribution in [0, 0.1) is 16.0 Å². The predicted molar refractivity (Wildman–Crippen MR) is 78.0 cm³/mol. The van der Waals surface area contributed by atoms with Gasteiger partial charge < -0.3 is 9.64 Å².